The van der Waals surface area contributed by atoms with Gasteiger partial charge in [-0.3, -0.25) is 4.79 Å². The molecule has 0 aliphatic rings. The van der Waals surface area contributed by atoms with Crippen LogP contribution in [0.15, 0.2) is 24.3 Å². The number of amides is 1. The Kier molecular flexibility index (Phi) is 4.79. The summed E-state index contributed by atoms with van der Waals surface area (Å²) >= 11 is 0. The summed E-state index contributed by atoms with van der Waals surface area (Å²) in [7, 11) is 0. The predicted molar refractivity (Wildman–Crippen MR) is 61.0 cm³/mol. The van der Waals surface area contributed by atoms with Gasteiger partial charge >= 0.3 is 0 Å². The van der Waals surface area contributed by atoms with E-state index in [4.69, 9.17) is 10.5 Å². The molecule has 4 nitrogen and oxygen atoms in total. The van der Waals surface area contributed by atoms with Gasteiger partial charge in [0, 0.05) is 0 Å². The van der Waals surface area contributed by atoms with Crippen LogP contribution in [0.2, 0.25) is 0 Å². The Balaban J connectivity index is 2.57. The molecule has 0 saturated heterocycles. The molecular formula is C12H17NO3. The lowest BCUT2D eigenvalue weighted by atomic mass is 10.1. The third-order valence-electron chi connectivity index (χ3n) is 2.23. The zero-order valence-corrected chi connectivity index (χ0v) is 9.35. The van der Waals surface area contributed by atoms with Crippen molar-refractivity contribution in [2.45, 2.75) is 25.9 Å². The molecule has 88 valence electrons. The molecule has 1 atom stereocenters. The first-order valence-corrected chi connectivity index (χ1v) is 5.35. The predicted octanol–water partition coefficient (Wildman–Crippen LogP) is 1.38. The van der Waals surface area contributed by atoms with Crippen LogP contribution in [0, 0.1) is 0 Å². The molecule has 0 heterocycles. The van der Waals surface area contributed by atoms with Crippen LogP contribution < -0.4 is 10.5 Å². The van der Waals surface area contributed by atoms with Gasteiger partial charge in [0.2, 0.25) is 0 Å². The van der Waals surface area contributed by atoms with Crippen LogP contribution in [0.5, 0.6) is 5.75 Å². The first-order chi connectivity index (χ1) is 7.65. The fourth-order valence-corrected chi connectivity index (χ4v) is 1.24. The van der Waals surface area contributed by atoms with Crippen LogP contribution in [0.1, 0.15) is 31.4 Å². The van der Waals surface area contributed by atoms with Crippen molar-refractivity contribution >= 4 is 5.91 Å². The molecule has 4 heteroatoms. The molecule has 16 heavy (non-hydrogen) atoms. The lowest BCUT2D eigenvalue weighted by Crippen LogP contribution is -2.20. The zero-order chi connectivity index (χ0) is 12.0. The Morgan fingerprint density at radius 2 is 2.06 bits per heavy atom. The summed E-state index contributed by atoms with van der Waals surface area (Å²) in [5, 5.41) is 9.39. The monoisotopic (exact) mass is 223 g/mol. The highest BCUT2D eigenvalue weighted by Crippen LogP contribution is 2.17. The van der Waals surface area contributed by atoms with Crippen molar-refractivity contribution in [2.24, 2.45) is 5.73 Å². The van der Waals surface area contributed by atoms with E-state index in [2.05, 4.69) is 6.92 Å². The number of carbonyl (C=O) groups excluding carboxylic acids is 1. The summed E-state index contributed by atoms with van der Waals surface area (Å²) in [6.07, 6.45) is 0.842. The molecule has 0 radical (unpaired) electrons. The second-order valence-electron chi connectivity index (χ2n) is 3.58. The normalized spacial score (nSPS) is 12.1. The Morgan fingerprint density at radius 1 is 1.44 bits per heavy atom. The molecule has 0 aliphatic heterocycles. The van der Waals surface area contributed by atoms with Crippen LogP contribution in [-0.2, 0) is 4.79 Å². The molecule has 1 unspecified atom stereocenters. The van der Waals surface area contributed by atoms with Crippen LogP contribution in [0.25, 0.3) is 0 Å². The fraction of sp³-hybridized carbons (Fsp3) is 0.417. The highest BCUT2D eigenvalue weighted by atomic mass is 16.5. The lowest BCUT2D eigenvalue weighted by Gasteiger charge is -2.08. The van der Waals surface area contributed by atoms with E-state index in [0.29, 0.717) is 12.2 Å². The van der Waals surface area contributed by atoms with E-state index in [9.17, 15) is 9.90 Å². The number of hydrogen-bond acceptors (Lipinski definition) is 3. The quantitative estimate of drug-likeness (QED) is 0.716. The standard InChI is InChI=1S/C12H17NO3/c1-2-3-8-16-10-6-4-9(5-7-10)11(14)12(13)15/h4-7,11,14H,2-3,8H2,1H3,(H2,13,15). The molecular weight excluding hydrogens is 206 g/mol. The van der Waals surface area contributed by atoms with Gasteiger partial charge in [-0.25, -0.2) is 0 Å². The smallest absolute Gasteiger partial charge is 0.250 e. The van der Waals surface area contributed by atoms with Crippen LogP contribution in [0.3, 0.4) is 0 Å². The summed E-state index contributed by atoms with van der Waals surface area (Å²) in [5.41, 5.74) is 5.47. The van der Waals surface area contributed by atoms with E-state index >= 15 is 0 Å². The van der Waals surface area contributed by atoms with Crippen LogP contribution >= 0.6 is 0 Å². The lowest BCUT2D eigenvalue weighted by molar-refractivity contribution is -0.126. The van der Waals surface area contributed by atoms with Gasteiger partial charge in [0.1, 0.15) is 5.75 Å². The van der Waals surface area contributed by atoms with Crippen molar-refractivity contribution in [2.75, 3.05) is 6.61 Å². The molecule has 0 spiro atoms. The maximum atomic E-state index is 10.7. The van der Waals surface area contributed by atoms with Crippen molar-refractivity contribution in [3.8, 4) is 5.75 Å². The third-order valence-corrected chi connectivity index (χ3v) is 2.23. The zero-order valence-electron chi connectivity index (χ0n) is 9.35. The van der Waals surface area contributed by atoms with Gasteiger partial charge in [-0.2, -0.15) is 0 Å². The molecule has 1 amide bonds. The van der Waals surface area contributed by atoms with Gasteiger partial charge in [-0.1, -0.05) is 25.5 Å². The van der Waals surface area contributed by atoms with Gasteiger partial charge in [0.25, 0.3) is 5.91 Å². The number of unbranched alkanes of at least 4 members (excludes halogenated alkanes) is 1. The van der Waals surface area contributed by atoms with E-state index in [1.54, 1.807) is 24.3 Å². The van der Waals surface area contributed by atoms with Crippen LogP contribution in [0.4, 0.5) is 0 Å². The molecule has 0 aromatic heterocycles. The number of aliphatic hydroxyl groups is 1. The summed E-state index contributed by atoms with van der Waals surface area (Å²) in [5.74, 6) is -0.0199. The Bertz CT molecular complexity index is 335. The SMILES string of the molecule is CCCCOc1ccc(C(O)C(N)=O)cc1. The minimum absolute atomic E-state index is 0.482. The topological polar surface area (TPSA) is 72.6 Å². The van der Waals surface area contributed by atoms with Gasteiger partial charge in [0.15, 0.2) is 6.10 Å². The summed E-state index contributed by atoms with van der Waals surface area (Å²) in [6.45, 7) is 2.77. The molecule has 0 fully saturated rings. The van der Waals surface area contributed by atoms with E-state index < -0.39 is 12.0 Å². The number of rotatable bonds is 6. The molecule has 0 aliphatic carbocycles. The Morgan fingerprint density at radius 3 is 2.56 bits per heavy atom. The van der Waals surface area contributed by atoms with E-state index in [-0.39, 0.29) is 0 Å². The Hall–Kier alpha value is -1.55. The maximum absolute atomic E-state index is 10.7. The largest absolute Gasteiger partial charge is 0.494 e. The highest BCUT2D eigenvalue weighted by Gasteiger charge is 2.12. The average Bonchev–Trinajstić information content (AvgIpc) is 2.29. The average molecular weight is 223 g/mol. The van der Waals surface area contributed by atoms with Gasteiger partial charge in [-0.15, -0.1) is 0 Å². The van der Waals surface area contributed by atoms with Crippen molar-refractivity contribution in [3.05, 3.63) is 29.8 Å². The number of primary amides is 1. The van der Waals surface area contributed by atoms with Crippen molar-refractivity contribution in [1.82, 2.24) is 0 Å². The summed E-state index contributed by atoms with van der Waals surface area (Å²) in [6, 6.07) is 6.71. The second kappa shape index (κ2) is 6.12. The minimum atomic E-state index is -1.25. The second-order valence-corrected chi connectivity index (χ2v) is 3.58. The summed E-state index contributed by atoms with van der Waals surface area (Å²) < 4.78 is 5.44. The number of aliphatic hydroxyl groups excluding tert-OH is 1. The number of carbonyl (C=O) groups is 1. The molecule has 3 N–H and O–H groups in total. The highest BCUT2D eigenvalue weighted by molar-refractivity contribution is 5.80. The van der Waals surface area contributed by atoms with Crippen molar-refractivity contribution in [3.63, 3.8) is 0 Å². The van der Waals surface area contributed by atoms with E-state index in [1.165, 1.54) is 0 Å². The number of ether oxygens (including phenoxy) is 1. The molecule has 1 rings (SSSR count). The Labute approximate surface area is 95.0 Å². The number of nitrogens with two attached hydrogens (primary N) is 1. The molecule has 1 aromatic rings. The first-order valence-electron chi connectivity index (χ1n) is 5.35. The first kappa shape index (κ1) is 12.5. The van der Waals surface area contributed by atoms with Gasteiger partial charge in [-0.05, 0) is 24.1 Å². The summed E-state index contributed by atoms with van der Waals surface area (Å²) in [4.78, 5) is 10.7. The van der Waals surface area contributed by atoms with Gasteiger partial charge in [0.05, 0.1) is 6.61 Å². The molecule has 1 aromatic carbocycles. The number of benzene rings is 1. The van der Waals surface area contributed by atoms with Crippen molar-refractivity contribution in [1.29, 1.82) is 0 Å². The minimum Gasteiger partial charge on any atom is -0.494 e. The third kappa shape index (κ3) is 3.55. The van der Waals surface area contributed by atoms with Crippen LogP contribution in [-0.4, -0.2) is 17.6 Å². The van der Waals surface area contributed by atoms with Crippen molar-refractivity contribution < 1.29 is 14.6 Å². The molecule has 0 bridgehead atoms. The molecule has 0 saturated carbocycles. The number of hydrogen-bond donors (Lipinski definition) is 2. The fourth-order valence-electron chi connectivity index (χ4n) is 1.24. The van der Waals surface area contributed by atoms with Gasteiger partial charge < -0.3 is 15.6 Å². The maximum Gasteiger partial charge on any atom is 0.250 e. The van der Waals surface area contributed by atoms with E-state index in [0.717, 1.165) is 18.6 Å². The van der Waals surface area contributed by atoms with E-state index in [1.807, 2.05) is 0 Å².